The van der Waals surface area contributed by atoms with E-state index in [0.29, 0.717) is 11.6 Å². The summed E-state index contributed by atoms with van der Waals surface area (Å²) in [7, 11) is -3.61. The highest BCUT2D eigenvalue weighted by Crippen LogP contribution is 2.17. The fraction of sp³-hybridized carbons (Fsp3) is 0.316. The lowest BCUT2D eigenvalue weighted by atomic mass is 10.0. The molecule has 0 saturated heterocycles. The minimum Gasteiger partial charge on any atom is -0.326 e. The second-order valence-corrected chi connectivity index (χ2v) is 8.05. The molecule has 0 spiro atoms. The molecule has 0 aliphatic carbocycles. The number of rotatable bonds is 7. The van der Waals surface area contributed by atoms with Gasteiger partial charge in [0, 0.05) is 18.7 Å². The summed E-state index contributed by atoms with van der Waals surface area (Å²) in [6, 6.07) is 14.2. The molecule has 0 heterocycles. The summed E-state index contributed by atoms with van der Waals surface area (Å²) in [5.41, 5.74) is 2.88. The molecule has 6 heteroatoms. The number of hydrogen-bond acceptors (Lipinski definition) is 3. The van der Waals surface area contributed by atoms with Gasteiger partial charge in [-0.25, -0.2) is 13.1 Å². The van der Waals surface area contributed by atoms with Gasteiger partial charge < -0.3 is 5.32 Å². The maximum absolute atomic E-state index is 12.2. The zero-order chi connectivity index (χ0) is 18.4. The van der Waals surface area contributed by atoms with Gasteiger partial charge in [0.05, 0.1) is 4.90 Å². The number of anilines is 1. The summed E-state index contributed by atoms with van der Waals surface area (Å²) in [6.45, 7) is 6.11. The van der Waals surface area contributed by atoms with Gasteiger partial charge >= 0.3 is 0 Å². The van der Waals surface area contributed by atoms with Crippen molar-refractivity contribution < 1.29 is 13.2 Å². The van der Waals surface area contributed by atoms with Crippen molar-refractivity contribution in [3.05, 3.63) is 59.7 Å². The predicted octanol–water partition coefficient (Wildman–Crippen LogP) is 3.43. The molecule has 0 aromatic heterocycles. The second kappa shape index (κ2) is 8.27. The van der Waals surface area contributed by atoms with Crippen molar-refractivity contribution in [2.45, 2.75) is 38.0 Å². The molecule has 0 bridgehead atoms. The second-order valence-electron chi connectivity index (χ2n) is 6.29. The smallest absolute Gasteiger partial charge is 0.240 e. The normalized spacial score (nSPS) is 11.5. The zero-order valence-electron chi connectivity index (χ0n) is 14.7. The molecular weight excluding hydrogens is 336 g/mol. The monoisotopic (exact) mass is 360 g/mol. The first kappa shape index (κ1) is 19.1. The maximum atomic E-state index is 12.2. The van der Waals surface area contributed by atoms with Crippen molar-refractivity contribution in [2.24, 2.45) is 0 Å². The molecule has 25 heavy (non-hydrogen) atoms. The van der Waals surface area contributed by atoms with Crippen LogP contribution in [0.15, 0.2) is 53.4 Å². The third-order valence-corrected chi connectivity index (χ3v) is 5.31. The Balaban J connectivity index is 1.87. The molecule has 2 rings (SSSR count). The standard InChI is InChI=1S/C19H24N2O3S/c1-14(2)16-6-10-18(11-7-16)25(23,24)20-13-12-19(22)21-17-8-4-15(3)5-9-17/h4-11,14,20H,12-13H2,1-3H3,(H,21,22). The Morgan fingerprint density at radius 1 is 1.00 bits per heavy atom. The van der Waals surface area contributed by atoms with Crippen LogP contribution in [0.3, 0.4) is 0 Å². The van der Waals surface area contributed by atoms with Gasteiger partial charge in [0.25, 0.3) is 0 Å². The van der Waals surface area contributed by atoms with E-state index in [1.165, 1.54) is 0 Å². The van der Waals surface area contributed by atoms with Gasteiger partial charge in [-0.3, -0.25) is 4.79 Å². The first-order valence-corrected chi connectivity index (χ1v) is 9.72. The number of benzene rings is 2. The van der Waals surface area contributed by atoms with Gasteiger partial charge in [-0.2, -0.15) is 0 Å². The molecule has 0 saturated carbocycles. The Morgan fingerprint density at radius 2 is 1.60 bits per heavy atom. The van der Waals surface area contributed by atoms with E-state index in [4.69, 9.17) is 0 Å². The Labute approximate surface area is 149 Å². The number of sulfonamides is 1. The lowest BCUT2D eigenvalue weighted by Gasteiger charge is -2.09. The van der Waals surface area contributed by atoms with Gasteiger partial charge in [0.1, 0.15) is 0 Å². The summed E-state index contributed by atoms with van der Waals surface area (Å²) in [6.07, 6.45) is 0.0667. The molecule has 1 amide bonds. The summed E-state index contributed by atoms with van der Waals surface area (Å²) in [5, 5.41) is 2.74. The van der Waals surface area contributed by atoms with Crippen LogP contribution in [0, 0.1) is 6.92 Å². The largest absolute Gasteiger partial charge is 0.326 e. The van der Waals surface area contributed by atoms with Gasteiger partial charge in [0.2, 0.25) is 15.9 Å². The first-order chi connectivity index (χ1) is 11.8. The van der Waals surface area contributed by atoms with E-state index in [2.05, 4.69) is 23.9 Å². The molecule has 134 valence electrons. The van der Waals surface area contributed by atoms with Gasteiger partial charge in [0.15, 0.2) is 0 Å². The minimum atomic E-state index is -3.61. The fourth-order valence-corrected chi connectivity index (χ4v) is 3.31. The van der Waals surface area contributed by atoms with Crippen molar-refractivity contribution in [1.82, 2.24) is 4.72 Å². The third kappa shape index (κ3) is 5.69. The van der Waals surface area contributed by atoms with Crippen LogP contribution in [-0.4, -0.2) is 20.9 Å². The fourth-order valence-electron chi connectivity index (χ4n) is 2.27. The topological polar surface area (TPSA) is 75.3 Å². The Bertz CT molecular complexity index is 811. The van der Waals surface area contributed by atoms with Crippen molar-refractivity contribution in [1.29, 1.82) is 0 Å². The molecule has 2 aromatic carbocycles. The summed E-state index contributed by atoms with van der Waals surface area (Å²) in [5.74, 6) is 0.108. The number of carbonyl (C=O) groups is 1. The highest BCUT2D eigenvalue weighted by Gasteiger charge is 2.14. The molecular formula is C19H24N2O3S. The van der Waals surface area contributed by atoms with Gasteiger partial charge in [-0.1, -0.05) is 43.7 Å². The average molecular weight is 360 g/mol. The quantitative estimate of drug-likeness (QED) is 0.794. The maximum Gasteiger partial charge on any atom is 0.240 e. The zero-order valence-corrected chi connectivity index (χ0v) is 15.6. The summed E-state index contributed by atoms with van der Waals surface area (Å²) < 4.78 is 27.0. The number of nitrogens with one attached hydrogen (secondary N) is 2. The molecule has 0 aliphatic rings. The van der Waals surface area contributed by atoms with E-state index in [9.17, 15) is 13.2 Å². The van der Waals surface area contributed by atoms with Crippen LogP contribution in [0.5, 0.6) is 0 Å². The lowest BCUT2D eigenvalue weighted by Crippen LogP contribution is -2.27. The van der Waals surface area contributed by atoms with E-state index < -0.39 is 10.0 Å². The Hall–Kier alpha value is -2.18. The van der Waals surface area contributed by atoms with Crippen molar-refractivity contribution in [3.8, 4) is 0 Å². The van der Waals surface area contributed by atoms with Crippen LogP contribution in [0.1, 0.15) is 37.3 Å². The molecule has 5 nitrogen and oxygen atoms in total. The minimum absolute atomic E-state index is 0.0476. The molecule has 0 fully saturated rings. The average Bonchev–Trinajstić information content (AvgIpc) is 2.57. The highest BCUT2D eigenvalue weighted by molar-refractivity contribution is 7.89. The van der Waals surface area contributed by atoms with Gasteiger partial charge in [-0.15, -0.1) is 0 Å². The number of hydrogen-bond donors (Lipinski definition) is 2. The first-order valence-electron chi connectivity index (χ1n) is 8.24. The van der Waals surface area contributed by atoms with E-state index in [1.54, 1.807) is 12.1 Å². The Morgan fingerprint density at radius 3 is 2.16 bits per heavy atom. The Kier molecular flexibility index (Phi) is 6.33. The van der Waals surface area contributed by atoms with Crippen LogP contribution < -0.4 is 10.0 Å². The third-order valence-electron chi connectivity index (χ3n) is 3.84. The molecule has 2 aromatic rings. The molecule has 2 N–H and O–H groups in total. The van der Waals surface area contributed by atoms with E-state index >= 15 is 0 Å². The lowest BCUT2D eigenvalue weighted by molar-refractivity contribution is -0.116. The van der Waals surface area contributed by atoms with E-state index in [1.807, 2.05) is 43.3 Å². The number of amides is 1. The molecule has 0 radical (unpaired) electrons. The highest BCUT2D eigenvalue weighted by atomic mass is 32.2. The van der Waals surface area contributed by atoms with Crippen LogP contribution in [0.25, 0.3) is 0 Å². The number of aryl methyl sites for hydroxylation is 1. The molecule has 0 aliphatic heterocycles. The van der Waals surface area contributed by atoms with Crippen LogP contribution in [-0.2, 0) is 14.8 Å². The summed E-state index contributed by atoms with van der Waals surface area (Å²) in [4.78, 5) is 12.1. The van der Waals surface area contributed by atoms with Crippen LogP contribution in [0.4, 0.5) is 5.69 Å². The van der Waals surface area contributed by atoms with Crippen LogP contribution in [0.2, 0.25) is 0 Å². The van der Waals surface area contributed by atoms with E-state index in [0.717, 1.165) is 11.1 Å². The van der Waals surface area contributed by atoms with Crippen molar-refractivity contribution >= 4 is 21.6 Å². The van der Waals surface area contributed by atoms with Gasteiger partial charge in [-0.05, 0) is 42.7 Å². The number of carbonyl (C=O) groups excluding carboxylic acids is 1. The van der Waals surface area contributed by atoms with Crippen molar-refractivity contribution in [3.63, 3.8) is 0 Å². The molecule has 0 atom stereocenters. The SMILES string of the molecule is Cc1ccc(NC(=O)CCNS(=O)(=O)c2ccc(C(C)C)cc2)cc1. The summed E-state index contributed by atoms with van der Waals surface area (Å²) >= 11 is 0. The van der Waals surface area contributed by atoms with E-state index in [-0.39, 0.29) is 23.8 Å². The van der Waals surface area contributed by atoms with Crippen molar-refractivity contribution in [2.75, 3.05) is 11.9 Å². The van der Waals surface area contributed by atoms with Crippen LogP contribution >= 0.6 is 0 Å². The molecule has 0 unspecified atom stereocenters. The predicted molar refractivity (Wildman–Crippen MR) is 100 cm³/mol.